The SMILES string of the molecule is CCC(C)(CC)COC(=O)c1cc(C(C)=O)cc(S(=O)(=O)O)c1. The highest BCUT2D eigenvalue weighted by molar-refractivity contribution is 7.85. The molecule has 6 nitrogen and oxygen atoms in total. The molecule has 0 saturated carbocycles. The molecule has 1 N–H and O–H groups in total. The molecule has 0 fully saturated rings. The Labute approximate surface area is 136 Å². The van der Waals surface area contributed by atoms with E-state index in [1.807, 2.05) is 20.8 Å². The number of ketones is 1. The van der Waals surface area contributed by atoms with Crippen molar-refractivity contribution in [2.45, 2.75) is 45.4 Å². The number of Topliss-reactive ketones (excluding diaryl/α,β-unsaturated/α-hetero) is 1. The minimum absolute atomic E-state index is 0.0146. The van der Waals surface area contributed by atoms with Gasteiger partial charge in [0.1, 0.15) is 0 Å². The fourth-order valence-corrected chi connectivity index (χ4v) is 2.40. The van der Waals surface area contributed by atoms with Crippen molar-refractivity contribution in [3.63, 3.8) is 0 Å². The molecule has 0 spiro atoms. The van der Waals surface area contributed by atoms with Gasteiger partial charge < -0.3 is 4.74 Å². The van der Waals surface area contributed by atoms with Crippen LogP contribution in [0.1, 0.15) is 61.3 Å². The maximum absolute atomic E-state index is 12.2. The van der Waals surface area contributed by atoms with Crippen LogP contribution < -0.4 is 0 Å². The Hall–Kier alpha value is -1.73. The van der Waals surface area contributed by atoms with Gasteiger partial charge >= 0.3 is 5.97 Å². The van der Waals surface area contributed by atoms with Crippen LogP contribution in [0.2, 0.25) is 0 Å². The molecule has 0 aliphatic carbocycles. The quantitative estimate of drug-likeness (QED) is 0.464. The maximum atomic E-state index is 12.2. The Morgan fingerprint density at radius 2 is 1.65 bits per heavy atom. The first-order valence-corrected chi connectivity index (χ1v) is 8.77. The molecule has 0 radical (unpaired) electrons. The van der Waals surface area contributed by atoms with E-state index in [0.717, 1.165) is 25.0 Å². The van der Waals surface area contributed by atoms with Crippen LogP contribution in [0.3, 0.4) is 0 Å². The summed E-state index contributed by atoms with van der Waals surface area (Å²) in [6.07, 6.45) is 1.64. The Balaban J connectivity index is 3.14. The molecule has 1 rings (SSSR count). The molecule has 7 heteroatoms. The van der Waals surface area contributed by atoms with E-state index < -0.39 is 26.8 Å². The number of carbonyl (C=O) groups is 2. The Morgan fingerprint density at radius 1 is 1.13 bits per heavy atom. The van der Waals surface area contributed by atoms with Gasteiger partial charge in [0.15, 0.2) is 5.78 Å². The first-order chi connectivity index (χ1) is 10.5. The second-order valence-corrected chi connectivity index (χ2v) is 7.29. The zero-order valence-electron chi connectivity index (χ0n) is 13.8. The molecule has 0 aromatic heterocycles. The summed E-state index contributed by atoms with van der Waals surface area (Å²) in [5.41, 5.74) is -0.236. The zero-order valence-corrected chi connectivity index (χ0v) is 14.6. The van der Waals surface area contributed by atoms with Crippen LogP contribution in [0, 0.1) is 5.41 Å². The number of esters is 1. The van der Waals surface area contributed by atoms with Gasteiger partial charge in [-0.2, -0.15) is 8.42 Å². The van der Waals surface area contributed by atoms with E-state index in [2.05, 4.69) is 0 Å². The normalized spacial score (nSPS) is 12.0. The first kappa shape index (κ1) is 19.3. The molecule has 0 amide bonds. The predicted molar refractivity (Wildman–Crippen MR) is 85.2 cm³/mol. The topological polar surface area (TPSA) is 97.7 Å². The molecule has 1 aromatic rings. The molecule has 23 heavy (non-hydrogen) atoms. The molecule has 0 bridgehead atoms. The van der Waals surface area contributed by atoms with Crippen molar-refractivity contribution in [2.75, 3.05) is 6.61 Å². The summed E-state index contributed by atoms with van der Waals surface area (Å²) in [6, 6.07) is 3.28. The van der Waals surface area contributed by atoms with E-state index in [9.17, 15) is 18.0 Å². The predicted octanol–water partition coefficient (Wildman–Crippen LogP) is 3.12. The van der Waals surface area contributed by atoms with E-state index >= 15 is 0 Å². The molecule has 0 heterocycles. The van der Waals surface area contributed by atoms with Crippen molar-refractivity contribution in [3.8, 4) is 0 Å². The highest BCUT2D eigenvalue weighted by atomic mass is 32.2. The number of hydrogen-bond donors (Lipinski definition) is 1. The van der Waals surface area contributed by atoms with Gasteiger partial charge in [-0.25, -0.2) is 4.79 Å². The molecule has 0 aliphatic heterocycles. The number of carbonyl (C=O) groups excluding carboxylic acids is 2. The van der Waals surface area contributed by atoms with E-state index in [1.165, 1.54) is 13.0 Å². The van der Waals surface area contributed by atoms with Crippen LogP contribution in [-0.4, -0.2) is 31.3 Å². The van der Waals surface area contributed by atoms with Gasteiger partial charge in [-0.3, -0.25) is 9.35 Å². The summed E-state index contributed by atoms with van der Waals surface area (Å²) in [4.78, 5) is 23.1. The molecular formula is C16H22O6S. The highest BCUT2D eigenvalue weighted by Crippen LogP contribution is 2.26. The van der Waals surface area contributed by atoms with Gasteiger partial charge in [0.05, 0.1) is 17.1 Å². The van der Waals surface area contributed by atoms with Gasteiger partial charge in [0, 0.05) is 11.0 Å². The number of benzene rings is 1. The summed E-state index contributed by atoms with van der Waals surface area (Å²) in [6.45, 7) is 7.39. The zero-order chi connectivity index (χ0) is 17.8. The van der Waals surface area contributed by atoms with Gasteiger partial charge in [-0.1, -0.05) is 20.8 Å². The molecule has 0 unspecified atom stereocenters. The smallest absolute Gasteiger partial charge is 0.338 e. The van der Waals surface area contributed by atoms with Crippen molar-refractivity contribution in [1.29, 1.82) is 0 Å². The lowest BCUT2D eigenvalue weighted by Crippen LogP contribution is -2.24. The second-order valence-electron chi connectivity index (χ2n) is 5.87. The molecule has 0 atom stereocenters. The average molecular weight is 342 g/mol. The van der Waals surface area contributed by atoms with E-state index in [-0.39, 0.29) is 23.1 Å². The van der Waals surface area contributed by atoms with Crippen LogP contribution in [-0.2, 0) is 14.9 Å². The van der Waals surface area contributed by atoms with Gasteiger partial charge in [0.2, 0.25) is 0 Å². The Bertz CT molecular complexity index is 701. The fourth-order valence-electron chi connectivity index (χ4n) is 1.85. The molecule has 1 aromatic carbocycles. The summed E-state index contributed by atoms with van der Waals surface area (Å²) in [5, 5.41) is 0. The largest absolute Gasteiger partial charge is 0.462 e. The average Bonchev–Trinajstić information content (AvgIpc) is 2.50. The molecule has 0 saturated heterocycles. The summed E-state index contributed by atoms with van der Waals surface area (Å²) < 4.78 is 37.0. The molecular weight excluding hydrogens is 320 g/mol. The third kappa shape index (κ3) is 5.14. The van der Waals surface area contributed by atoms with Crippen LogP contribution in [0.15, 0.2) is 23.1 Å². The van der Waals surface area contributed by atoms with Crippen molar-refractivity contribution < 1.29 is 27.3 Å². The standard InChI is InChI=1S/C16H22O6S/c1-5-16(4,6-2)10-22-15(18)13-7-12(11(3)17)8-14(9-13)23(19,20)21/h7-9H,5-6,10H2,1-4H3,(H,19,20,21). The Morgan fingerprint density at radius 3 is 2.09 bits per heavy atom. The second kappa shape index (κ2) is 7.23. The van der Waals surface area contributed by atoms with Crippen LogP contribution in [0.5, 0.6) is 0 Å². The van der Waals surface area contributed by atoms with Crippen LogP contribution >= 0.6 is 0 Å². The summed E-state index contributed by atoms with van der Waals surface area (Å²) >= 11 is 0. The Kier molecular flexibility index (Phi) is 6.07. The highest BCUT2D eigenvalue weighted by Gasteiger charge is 2.23. The third-order valence-corrected chi connectivity index (χ3v) is 4.94. The minimum Gasteiger partial charge on any atom is -0.462 e. The minimum atomic E-state index is -4.53. The van der Waals surface area contributed by atoms with E-state index in [1.54, 1.807) is 0 Å². The van der Waals surface area contributed by atoms with Crippen molar-refractivity contribution in [3.05, 3.63) is 29.3 Å². The van der Waals surface area contributed by atoms with Crippen LogP contribution in [0.4, 0.5) is 0 Å². The van der Waals surface area contributed by atoms with Gasteiger partial charge in [0.25, 0.3) is 10.1 Å². The van der Waals surface area contributed by atoms with E-state index in [0.29, 0.717) is 0 Å². The van der Waals surface area contributed by atoms with Crippen molar-refractivity contribution >= 4 is 21.9 Å². The number of rotatable bonds is 7. The van der Waals surface area contributed by atoms with Crippen LogP contribution in [0.25, 0.3) is 0 Å². The number of hydrogen-bond acceptors (Lipinski definition) is 5. The third-order valence-electron chi connectivity index (χ3n) is 4.11. The lowest BCUT2D eigenvalue weighted by atomic mass is 9.86. The number of ether oxygens (including phenoxy) is 1. The lowest BCUT2D eigenvalue weighted by Gasteiger charge is -2.25. The monoisotopic (exact) mass is 342 g/mol. The fraction of sp³-hybridized carbons (Fsp3) is 0.500. The molecule has 128 valence electrons. The van der Waals surface area contributed by atoms with Gasteiger partial charge in [-0.05, 0) is 38.0 Å². The summed E-state index contributed by atoms with van der Waals surface area (Å²) in [5.74, 6) is -1.15. The van der Waals surface area contributed by atoms with Gasteiger partial charge in [-0.15, -0.1) is 0 Å². The molecule has 0 aliphatic rings. The first-order valence-electron chi connectivity index (χ1n) is 7.33. The maximum Gasteiger partial charge on any atom is 0.338 e. The summed E-state index contributed by atoms with van der Waals surface area (Å²) in [7, 11) is -4.53. The van der Waals surface area contributed by atoms with Crippen molar-refractivity contribution in [2.24, 2.45) is 5.41 Å². The lowest BCUT2D eigenvalue weighted by molar-refractivity contribution is 0.0296. The van der Waals surface area contributed by atoms with E-state index in [4.69, 9.17) is 9.29 Å². The van der Waals surface area contributed by atoms with Crippen molar-refractivity contribution in [1.82, 2.24) is 0 Å².